The highest BCUT2D eigenvalue weighted by molar-refractivity contribution is 4.98. The van der Waals surface area contributed by atoms with Gasteiger partial charge in [0.15, 0.2) is 0 Å². The second kappa shape index (κ2) is 6.02. The van der Waals surface area contributed by atoms with Crippen LogP contribution in [0.15, 0.2) is 0 Å². The third kappa shape index (κ3) is 3.46. The van der Waals surface area contributed by atoms with Gasteiger partial charge in [0, 0.05) is 18.7 Å². The van der Waals surface area contributed by atoms with Gasteiger partial charge in [-0.2, -0.15) is 0 Å². The molecule has 0 heterocycles. The Morgan fingerprint density at radius 1 is 1.25 bits per heavy atom. The van der Waals surface area contributed by atoms with Crippen LogP contribution in [-0.4, -0.2) is 25.3 Å². The molecule has 0 aromatic carbocycles. The zero-order valence-corrected chi connectivity index (χ0v) is 10.9. The van der Waals surface area contributed by atoms with E-state index in [0.717, 1.165) is 31.1 Å². The molecule has 2 rings (SSSR count). The van der Waals surface area contributed by atoms with Crippen molar-refractivity contribution >= 4 is 0 Å². The zero-order chi connectivity index (χ0) is 11.4. The number of nitrogens with one attached hydrogen (secondary N) is 1. The van der Waals surface area contributed by atoms with Crippen LogP contribution in [0.25, 0.3) is 0 Å². The maximum Gasteiger partial charge on any atom is 0.0616 e. The van der Waals surface area contributed by atoms with E-state index in [-0.39, 0.29) is 0 Å². The summed E-state index contributed by atoms with van der Waals surface area (Å²) in [5, 5.41) is 3.71. The molecule has 0 spiro atoms. The minimum absolute atomic E-state index is 0.526. The van der Waals surface area contributed by atoms with Gasteiger partial charge in [-0.25, -0.2) is 0 Å². The Morgan fingerprint density at radius 2 is 2.00 bits per heavy atom. The molecular weight excluding hydrogens is 198 g/mol. The molecule has 1 N–H and O–H groups in total. The Hall–Kier alpha value is -0.0800. The number of rotatable bonds is 6. The van der Waals surface area contributed by atoms with Crippen molar-refractivity contribution in [3.63, 3.8) is 0 Å². The lowest BCUT2D eigenvalue weighted by Gasteiger charge is -2.22. The van der Waals surface area contributed by atoms with Crippen LogP contribution in [-0.2, 0) is 4.74 Å². The van der Waals surface area contributed by atoms with Crippen molar-refractivity contribution in [1.29, 1.82) is 0 Å². The van der Waals surface area contributed by atoms with Crippen molar-refractivity contribution in [2.24, 2.45) is 11.8 Å². The van der Waals surface area contributed by atoms with E-state index < -0.39 is 0 Å². The van der Waals surface area contributed by atoms with Crippen LogP contribution < -0.4 is 5.32 Å². The highest BCUT2D eigenvalue weighted by atomic mass is 16.5. The summed E-state index contributed by atoms with van der Waals surface area (Å²) in [6.07, 6.45) is 8.82. The standard InChI is InChI=1S/C14H27NO/c1-3-16-10-11(2)15-14-9-13(14)12-7-5-4-6-8-12/h11-15H,3-10H2,1-2H3. The summed E-state index contributed by atoms with van der Waals surface area (Å²) in [7, 11) is 0. The molecule has 2 aliphatic carbocycles. The zero-order valence-electron chi connectivity index (χ0n) is 10.9. The average molecular weight is 225 g/mol. The Kier molecular flexibility index (Phi) is 4.66. The molecule has 3 unspecified atom stereocenters. The van der Waals surface area contributed by atoms with E-state index in [4.69, 9.17) is 4.74 Å². The molecule has 0 saturated heterocycles. The van der Waals surface area contributed by atoms with E-state index in [2.05, 4.69) is 19.2 Å². The first-order valence-corrected chi connectivity index (χ1v) is 7.15. The molecule has 0 bridgehead atoms. The van der Waals surface area contributed by atoms with E-state index in [1.807, 2.05) is 0 Å². The summed E-state index contributed by atoms with van der Waals surface area (Å²) >= 11 is 0. The van der Waals surface area contributed by atoms with Crippen LogP contribution >= 0.6 is 0 Å². The first-order chi connectivity index (χ1) is 7.81. The Morgan fingerprint density at radius 3 is 2.69 bits per heavy atom. The molecule has 16 heavy (non-hydrogen) atoms. The van der Waals surface area contributed by atoms with E-state index in [1.54, 1.807) is 0 Å². The van der Waals surface area contributed by atoms with Gasteiger partial charge in [-0.15, -0.1) is 0 Å². The molecule has 2 fully saturated rings. The smallest absolute Gasteiger partial charge is 0.0616 e. The lowest BCUT2D eigenvalue weighted by molar-refractivity contribution is 0.125. The topological polar surface area (TPSA) is 21.3 Å². The highest BCUT2D eigenvalue weighted by Crippen LogP contribution is 2.44. The third-order valence-electron chi connectivity index (χ3n) is 4.17. The lowest BCUT2D eigenvalue weighted by atomic mass is 9.85. The normalized spacial score (nSPS) is 32.6. The number of hydrogen-bond donors (Lipinski definition) is 1. The highest BCUT2D eigenvalue weighted by Gasteiger charge is 2.43. The van der Waals surface area contributed by atoms with Gasteiger partial charge in [0.05, 0.1) is 6.61 Å². The lowest BCUT2D eigenvalue weighted by Crippen LogP contribution is -2.34. The minimum atomic E-state index is 0.526. The summed E-state index contributed by atoms with van der Waals surface area (Å²) in [5.41, 5.74) is 0. The summed E-state index contributed by atoms with van der Waals surface area (Å²) in [6, 6.07) is 1.33. The van der Waals surface area contributed by atoms with Crippen molar-refractivity contribution in [2.75, 3.05) is 13.2 Å². The Balaban J connectivity index is 1.62. The van der Waals surface area contributed by atoms with Crippen LogP contribution in [0.1, 0.15) is 52.4 Å². The van der Waals surface area contributed by atoms with Crippen LogP contribution in [0.5, 0.6) is 0 Å². The Bertz CT molecular complexity index is 201. The van der Waals surface area contributed by atoms with Crippen LogP contribution in [0.4, 0.5) is 0 Å². The van der Waals surface area contributed by atoms with Crippen molar-refractivity contribution in [3.8, 4) is 0 Å². The van der Waals surface area contributed by atoms with Gasteiger partial charge >= 0.3 is 0 Å². The van der Waals surface area contributed by atoms with Gasteiger partial charge in [-0.3, -0.25) is 0 Å². The quantitative estimate of drug-likeness (QED) is 0.750. The summed E-state index contributed by atoms with van der Waals surface area (Å²) in [4.78, 5) is 0. The number of ether oxygens (including phenoxy) is 1. The van der Waals surface area contributed by atoms with E-state index >= 15 is 0 Å². The first-order valence-electron chi connectivity index (χ1n) is 7.15. The molecule has 2 saturated carbocycles. The van der Waals surface area contributed by atoms with Crippen LogP contribution in [0.3, 0.4) is 0 Å². The molecule has 0 aromatic heterocycles. The molecule has 2 nitrogen and oxygen atoms in total. The Labute approximate surface area is 100 Å². The van der Waals surface area contributed by atoms with Gasteiger partial charge in [0.25, 0.3) is 0 Å². The predicted octanol–water partition coefficient (Wildman–Crippen LogP) is 2.97. The van der Waals surface area contributed by atoms with Crippen LogP contribution in [0, 0.1) is 11.8 Å². The first kappa shape index (κ1) is 12.4. The fourth-order valence-corrected chi connectivity index (χ4v) is 3.20. The molecule has 94 valence electrons. The average Bonchev–Trinajstić information content (AvgIpc) is 3.07. The maximum atomic E-state index is 5.44. The fraction of sp³-hybridized carbons (Fsp3) is 1.00. The summed E-state index contributed by atoms with van der Waals surface area (Å²) in [5.74, 6) is 2.02. The van der Waals surface area contributed by atoms with E-state index in [9.17, 15) is 0 Å². The van der Waals surface area contributed by atoms with Gasteiger partial charge in [-0.1, -0.05) is 32.1 Å². The van der Waals surface area contributed by atoms with Crippen molar-refractivity contribution in [1.82, 2.24) is 5.32 Å². The molecule has 2 heteroatoms. The fourth-order valence-electron chi connectivity index (χ4n) is 3.20. The molecule has 3 atom stereocenters. The summed E-state index contributed by atoms with van der Waals surface area (Å²) in [6.45, 7) is 6.01. The molecule has 0 aliphatic heterocycles. The van der Waals surface area contributed by atoms with Crippen molar-refractivity contribution < 1.29 is 4.74 Å². The van der Waals surface area contributed by atoms with Crippen LogP contribution in [0.2, 0.25) is 0 Å². The predicted molar refractivity (Wildman–Crippen MR) is 67.6 cm³/mol. The molecule has 0 amide bonds. The molecule has 2 aliphatic rings. The third-order valence-corrected chi connectivity index (χ3v) is 4.17. The van der Waals surface area contributed by atoms with Gasteiger partial charge in [-0.05, 0) is 32.1 Å². The SMILES string of the molecule is CCOCC(C)NC1CC1C1CCCCC1. The largest absolute Gasteiger partial charge is 0.380 e. The second-order valence-corrected chi connectivity index (χ2v) is 5.63. The van der Waals surface area contributed by atoms with E-state index in [1.165, 1.54) is 38.5 Å². The van der Waals surface area contributed by atoms with Gasteiger partial charge in [0.1, 0.15) is 0 Å². The second-order valence-electron chi connectivity index (χ2n) is 5.63. The number of hydrogen-bond acceptors (Lipinski definition) is 2. The summed E-state index contributed by atoms with van der Waals surface area (Å²) < 4.78 is 5.44. The minimum Gasteiger partial charge on any atom is -0.380 e. The molecule has 0 radical (unpaired) electrons. The van der Waals surface area contributed by atoms with Crippen molar-refractivity contribution in [2.45, 2.75) is 64.5 Å². The maximum absolute atomic E-state index is 5.44. The molecular formula is C14H27NO. The van der Waals surface area contributed by atoms with Gasteiger partial charge < -0.3 is 10.1 Å². The van der Waals surface area contributed by atoms with Crippen molar-refractivity contribution in [3.05, 3.63) is 0 Å². The molecule has 0 aromatic rings. The monoisotopic (exact) mass is 225 g/mol. The van der Waals surface area contributed by atoms with E-state index in [0.29, 0.717) is 6.04 Å². The van der Waals surface area contributed by atoms with Gasteiger partial charge in [0.2, 0.25) is 0 Å².